The number of furan rings is 1. The first kappa shape index (κ1) is 19.3. The van der Waals surface area contributed by atoms with E-state index in [1.54, 1.807) is 12.1 Å². The van der Waals surface area contributed by atoms with Crippen molar-refractivity contribution in [2.24, 2.45) is 5.92 Å². The lowest BCUT2D eigenvalue weighted by Crippen LogP contribution is -2.76. The van der Waals surface area contributed by atoms with Gasteiger partial charge in [-0.1, -0.05) is 11.6 Å². The van der Waals surface area contributed by atoms with Crippen LogP contribution in [0.2, 0.25) is 5.02 Å². The van der Waals surface area contributed by atoms with Crippen molar-refractivity contribution in [2.45, 2.75) is 35.3 Å². The number of carbonyl (C=O) groups is 1. The van der Waals surface area contributed by atoms with Crippen LogP contribution in [0, 0.1) is 10.7 Å². The lowest BCUT2D eigenvalue weighted by molar-refractivity contribution is -0.0958. The Balaban J connectivity index is 1.12. The standard InChI is InChI=1S/C21H20ClN3O5S/c22-13-1-2-15-14(5-13)24-19(30-15)20-9-21(10-20,11-20)25-18(26)16-3-4-17(29-16)31(23,27)8-12-6-28-7-12/h1-5,12,23H,6-11H2,(H,25,26). The highest BCUT2D eigenvalue weighted by molar-refractivity contribution is 7.92. The Hall–Kier alpha value is -2.36. The minimum atomic E-state index is -3.08. The first-order chi connectivity index (χ1) is 14.8. The molecule has 2 bridgehead atoms. The summed E-state index contributed by atoms with van der Waals surface area (Å²) in [5.74, 6) is 0.701. The second-order valence-corrected chi connectivity index (χ2v) is 11.6. The number of benzene rings is 1. The van der Waals surface area contributed by atoms with Crippen LogP contribution in [0.4, 0.5) is 0 Å². The van der Waals surface area contributed by atoms with Gasteiger partial charge < -0.3 is 18.9 Å². The first-order valence-electron chi connectivity index (χ1n) is 10.1. The molecule has 3 aromatic rings. The molecule has 2 N–H and O–H groups in total. The number of rotatable bonds is 6. The highest BCUT2D eigenvalue weighted by Crippen LogP contribution is 2.67. The van der Waals surface area contributed by atoms with Crippen molar-refractivity contribution in [3.05, 3.63) is 47.0 Å². The van der Waals surface area contributed by atoms with E-state index in [0.717, 1.165) is 24.8 Å². The molecule has 1 aliphatic heterocycles. The Bertz CT molecular complexity index is 1300. The predicted octanol–water partition coefficient (Wildman–Crippen LogP) is 3.73. The van der Waals surface area contributed by atoms with E-state index in [0.29, 0.717) is 29.7 Å². The molecule has 31 heavy (non-hydrogen) atoms. The Morgan fingerprint density at radius 3 is 2.71 bits per heavy atom. The number of hydrogen-bond acceptors (Lipinski definition) is 7. The van der Waals surface area contributed by atoms with Crippen LogP contribution in [0.5, 0.6) is 0 Å². The zero-order chi connectivity index (χ0) is 21.4. The van der Waals surface area contributed by atoms with Crippen molar-refractivity contribution in [1.82, 2.24) is 10.3 Å². The lowest BCUT2D eigenvalue weighted by Gasteiger charge is -2.68. The van der Waals surface area contributed by atoms with Crippen LogP contribution in [-0.4, -0.2) is 39.6 Å². The van der Waals surface area contributed by atoms with Gasteiger partial charge in [-0.15, -0.1) is 0 Å². The Morgan fingerprint density at radius 2 is 2.00 bits per heavy atom. The molecule has 4 fully saturated rings. The van der Waals surface area contributed by atoms with E-state index in [2.05, 4.69) is 10.3 Å². The summed E-state index contributed by atoms with van der Waals surface area (Å²) in [6.07, 6.45) is 2.24. The fraction of sp³-hybridized carbons (Fsp3) is 0.429. The summed E-state index contributed by atoms with van der Waals surface area (Å²) < 4.78 is 37.3. The second-order valence-electron chi connectivity index (χ2n) is 9.04. The topological polar surface area (TPSA) is 118 Å². The monoisotopic (exact) mass is 461 g/mol. The molecule has 0 radical (unpaired) electrons. The second kappa shape index (κ2) is 6.34. The van der Waals surface area contributed by atoms with Crippen LogP contribution in [0.1, 0.15) is 35.7 Å². The average Bonchev–Trinajstić information content (AvgIpc) is 3.27. The van der Waals surface area contributed by atoms with Crippen LogP contribution in [0.15, 0.2) is 44.3 Å². The molecule has 3 saturated carbocycles. The summed E-state index contributed by atoms with van der Waals surface area (Å²) in [6, 6.07) is 8.33. The quantitative estimate of drug-likeness (QED) is 0.577. The SMILES string of the molecule is N=S(=O)(CC1COC1)c1ccc(C(=O)NC23CC(c4nc5cc(Cl)ccc5o4)(C2)C3)o1. The zero-order valence-corrected chi connectivity index (χ0v) is 18.1. The fourth-order valence-electron chi connectivity index (χ4n) is 4.99. The molecule has 162 valence electrons. The van der Waals surface area contributed by atoms with Gasteiger partial charge in [-0.05, 0) is 49.6 Å². The van der Waals surface area contributed by atoms with Gasteiger partial charge in [-0.3, -0.25) is 4.79 Å². The number of amides is 1. The number of halogens is 1. The Morgan fingerprint density at radius 1 is 1.23 bits per heavy atom. The molecule has 8 nitrogen and oxygen atoms in total. The van der Waals surface area contributed by atoms with E-state index < -0.39 is 9.73 Å². The predicted molar refractivity (Wildman–Crippen MR) is 112 cm³/mol. The van der Waals surface area contributed by atoms with Crippen LogP contribution >= 0.6 is 11.6 Å². The number of carbonyl (C=O) groups excluding carboxylic acids is 1. The van der Waals surface area contributed by atoms with Gasteiger partial charge in [0.15, 0.2) is 16.4 Å². The number of ether oxygens (including phenoxy) is 1. The molecular formula is C21H20ClN3O5S. The molecule has 3 aliphatic carbocycles. The van der Waals surface area contributed by atoms with E-state index >= 15 is 0 Å². The van der Waals surface area contributed by atoms with E-state index in [-0.39, 0.29) is 39.4 Å². The van der Waals surface area contributed by atoms with Crippen molar-refractivity contribution in [3.8, 4) is 0 Å². The highest BCUT2D eigenvalue weighted by Gasteiger charge is 2.71. The molecule has 1 aromatic carbocycles. The molecule has 1 amide bonds. The maximum Gasteiger partial charge on any atom is 0.287 e. The molecule has 2 aromatic heterocycles. The molecule has 1 atom stereocenters. The van der Waals surface area contributed by atoms with E-state index in [1.165, 1.54) is 12.1 Å². The number of oxazole rings is 1. The minimum Gasteiger partial charge on any atom is -0.441 e. The van der Waals surface area contributed by atoms with Gasteiger partial charge in [0.1, 0.15) is 15.2 Å². The number of fused-ring (bicyclic) bond motifs is 1. The normalized spacial score (nSPS) is 28.9. The van der Waals surface area contributed by atoms with Crippen LogP contribution < -0.4 is 5.32 Å². The number of nitrogens with one attached hydrogen (secondary N) is 2. The maximum atomic E-state index is 12.7. The third-order valence-corrected chi connectivity index (χ3v) is 8.57. The van der Waals surface area contributed by atoms with Crippen molar-refractivity contribution < 1.29 is 22.6 Å². The molecule has 10 heteroatoms. The molecular weight excluding hydrogens is 442 g/mol. The third kappa shape index (κ3) is 3.01. The van der Waals surface area contributed by atoms with Gasteiger partial charge in [0.2, 0.25) is 5.89 Å². The number of hydrogen-bond donors (Lipinski definition) is 2. The average molecular weight is 462 g/mol. The molecule has 1 unspecified atom stereocenters. The summed E-state index contributed by atoms with van der Waals surface area (Å²) in [5, 5.41) is 3.70. The van der Waals surface area contributed by atoms with Gasteiger partial charge in [0, 0.05) is 22.2 Å². The van der Waals surface area contributed by atoms with Crippen molar-refractivity contribution in [2.75, 3.05) is 19.0 Å². The van der Waals surface area contributed by atoms with Crippen molar-refractivity contribution in [1.29, 1.82) is 4.78 Å². The smallest absolute Gasteiger partial charge is 0.287 e. The molecule has 7 rings (SSSR count). The van der Waals surface area contributed by atoms with Gasteiger partial charge in [0.25, 0.3) is 5.91 Å². The molecule has 1 saturated heterocycles. The van der Waals surface area contributed by atoms with Crippen molar-refractivity contribution in [3.63, 3.8) is 0 Å². The first-order valence-corrected chi connectivity index (χ1v) is 12.2. The van der Waals surface area contributed by atoms with Crippen LogP contribution in [0.3, 0.4) is 0 Å². The lowest BCUT2D eigenvalue weighted by atomic mass is 9.39. The Kier molecular flexibility index (Phi) is 3.95. The van der Waals surface area contributed by atoms with E-state index in [9.17, 15) is 9.00 Å². The Labute approximate surface area is 183 Å². The molecule has 0 spiro atoms. The van der Waals surface area contributed by atoms with Crippen molar-refractivity contribution >= 4 is 38.3 Å². The van der Waals surface area contributed by atoms with Crippen LogP contribution in [0.25, 0.3) is 11.1 Å². The maximum absolute atomic E-state index is 12.7. The van der Waals surface area contributed by atoms with Gasteiger partial charge in [-0.25, -0.2) is 14.0 Å². The summed E-state index contributed by atoms with van der Waals surface area (Å²) >= 11 is 6.03. The van der Waals surface area contributed by atoms with E-state index in [1.807, 2.05) is 6.07 Å². The minimum absolute atomic E-state index is 0.0451. The summed E-state index contributed by atoms with van der Waals surface area (Å²) in [6.45, 7) is 1.03. The molecule has 3 heterocycles. The largest absolute Gasteiger partial charge is 0.441 e. The summed E-state index contributed by atoms with van der Waals surface area (Å²) in [7, 11) is -3.08. The van der Waals surface area contributed by atoms with Crippen LogP contribution in [-0.2, 0) is 19.9 Å². The third-order valence-electron chi connectivity index (χ3n) is 6.52. The number of aromatic nitrogens is 1. The summed E-state index contributed by atoms with van der Waals surface area (Å²) in [4.78, 5) is 17.3. The highest BCUT2D eigenvalue weighted by atomic mass is 35.5. The molecule has 4 aliphatic rings. The number of nitrogens with zero attached hydrogens (tertiary/aromatic N) is 1. The van der Waals surface area contributed by atoms with Gasteiger partial charge >= 0.3 is 0 Å². The van der Waals surface area contributed by atoms with Gasteiger partial charge in [0.05, 0.1) is 18.6 Å². The fourth-order valence-corrected chi connectivity index (χ4v) is 6.69. The van der Waals surface area contributed by atoms with Gasteiger partial charge in [-0.2, -0.15) is 0 Å². The summed E-state index contributed by atoms with van der Waals surface area (Å²) in [5.41, 5.74) is 1.00. The van der Waals surface area contributed by atoms with E-state index in [4.69, 9.17) is 30.0 Å². The zero-order valence-electron chi connectivity index (χ0n) is 16.5.